The van der Waals surface area contributed by atoms with Crippen LogP contribution in [0.5, 0.6) is 0 Å². The van der Waals surface area contributed by atoms with E-state index in [0.717, 1.165) is 32.7 Å². The normalized spacial score (nSPS) is 17.7. The third-order valence-electron chi connectivity index (χ3n) is 4.10. The highest BCUT2D eigenvalue weighted by molar-refractivity contribution is 5.73. The number of carbonyl (C=O) groups is 1. The van der Waals surface area contributed by atoms with Crippen molar-refractivity contribution in [3.63, 3.8) is 0 Å². The van der Waals surface area contributed by atoms with Crippen LogP contribution in [0.3, 0.4) is 0 Å². The zero-order chi connectivity index (χ0) is 15.9. The van der Waals surface area contributed by atoms with E-state index in [2.05, 4.69) is 21.9 Å². The molecule has 0 aromatic heterocycles. The number of nitrogens with zero attached hydrogens (tertiary/aromatic N) is 3. The summed E-state index contributed by atoms with van der Waals surface area (Å²) in [5.74, 6) is 0.141. The van der Waals surface area contributed by atoms with E-state index in [9.17, 15) is 9.90 Å². The van der Waals surface area contributed by atoms with Crippen LogP contribution in [0.1, 0.15) is 12.5 Å². The Morgan fingerprint density at radius 2 is 1.86 bits per heavy atom. The molecule has 1 aliphatic heterocycles. The second-order valence-electron chi connectivity index (χ2n) is 6.14. The maximum atomic E-state index is 11.3. The summed E-state index contributed by atoms with van der Waals surface area (Å²) in [6, 6.07) is 10.3. The molecule has 0 bridgehead atoms. The second kappa shape index (κ2) is 8.27. The molecule has 1 aromatic carbocycles. The van der Waals surface area contributed by atoms with Gasteiger partial charge in [-0.1, -0.05) is 30.3 Å². The molecule has 2 rings (SSSR count). The first kappa shape index (κ1) is 16.9. The zero-order valence-corrected chi connectivity index (χ0v) is 13.6. The molecular weight excluding hydrogens is 278 g/mol. The summed E-state index contributed by atoms with van der Waals surface area (Å²) in [5.41, 5.74) is 1.26. The van der Waals surface area contributed by atoms with E-state index in [-0.39, 0.29) is 12.0 Å². The third kappa shape index (κ3) is 5.40. The third-order valence-corrected chi connectivity index (χ3v) is 4.10. The second-order valence-corrected chi connectivity index (χ2v) is 6.14. The van der Waals surface area contributed by atoms with Crippen LogP contribution in [0.25, 0.3) is 0 Å². The molecule has 0 saturated carbocycles. The molecule has 0 aliphatic carbocycles. The average molecular weight is 305 g/mol. The van der Waals surface area contributed by atoms with Crippen molar-refractivity contribution in [2.45, 2.75) is 19.6 Å². The maximum Gasteiger partial charge on any atom is 0.219 e. The minimum Gasteiger partial charge on any atom is -0.390 e. The van der Waals surface area contributed by atoms with Gasteiger partial charge in [-0.2, -0.15) is 0 Å². The van der Waals surface area contributed by atoms with Crippen LogP contribution >= 0.6 is 0 Å². The van der Waals surface area contributed by atoms with Gasteiger partial charge in [-0.05, 0) is 12.6 Å². The standard InChI is InChI=1S/C17H27N3O2/c1-15(21)20-10-8-19(9-11-20)14-17(22)13-18(2)12-16-6-4-3-5-7-16/h3-7,17,22H,8-14H2,1-2H3. The number of rotatable bonds is 6. The van der Waals surface area contributed by atoms with Gasteiger partial charge in [-0.25, -0.2) is 0 Å². The number of aliphatic hydroxyl groups is 1. The number of aliphatic hydroxyl groups excluding tert-OH is 1. The lowest BCUT2D eigenvalue weighted by atomic mass is 10.2. The molecule has 5 heteroatoms. The van der Waals surface area contributed by atoms with Crippen molar-refractivity contribution in [3.05, 3.63) is 35.9 Å². The van der Waals surface area contributed by atoms with Gasteiger partial charge in [-0.15, -0.1) is 0 Å². The number of hydrogen-bond donors (Lipinski definition) is 1. The molecule has 1 heterocycles. The van der Waals surface area contributed by atoms with Crippen molar-refractivity contribution >= 4 is 5.91 Å². The highest BCUT2D eigenvalue weighted by atomic mass is 16.3. The maximum absolute atomic E-state index is 11.3. The number of amides is 1. The number of piperazine rings is 1. The number of likely N-dealkylation sites (N-methyl/N-ethyl adjacent to an activating group) is 1. The number of benzene rings is 1. The van der Waals surface area contributed by atoms with Crippen LogP contribution in [0.15, 0.2) is 30.3 Å². The van der Waals surface area contributed by atoms with Crippen molar-refractivity contribution in [1.82, 2.24) is 14.7 Å². The highest BCUT2D eigenvalue weighted by Crippen LogP contribution is 2.06. The molecule has 1 aromatic rings. The molecule has 122 valence electrons. The van der Waals surface area contributed by atoms with E-state index < -0.39 is 0 Å². The minimum absolute atomic E-state index is 0.141. The first-order valence-electron chi connectivity index (χ1n) is 7.93. The molecule has 1 N–H and O–H groups in total. The smallest absolute Gasteiger partial charge is 0.219 e. The van der Waals surface area contributed by atoms with Crippen molar-refractivity contribution in [2.24, 2.45) is 0 Å². The van der Waals surface area contributed by atoms with Crippen molar-refractivity contribution in [2.75, 3.05) is 46.3 Å². The Balaban J connectivity index is 1.69. The van der Waals surface area contributed by atoms with Crippen molar-refractivity contribution < 1.29 is 9.90 Å². The van der Waals surface area contributed by atoms with Gasteiger partial charge >= 0.3 is 0 Å². The Kier molecular flexibility index (Phi) is 6.36. The van der Waals surface area contributed by atoms with Crippen LogP contribution in [-0.4, -0.2) is 78.1 Å². The summed E-state index contributed by atoms with van der Waals surface area (Å²) in [7, 11) is 2.03. The van der Waals surface area contributed by atoms with Gasteiger partial charge in [-0.3, -0.25) is 14.6 Å². The van der Waals surface area contributed by atoms with E-state index in [1.54, 1.807) is 6.92 Å². The van der Waals surface area contributed by atoms with Crippen molar-refractivity contribution in [3.8, 4) is 0 Å². The summed E-state index contributed by atoms with van der Waals surface area (Å²) < 4.78 is 0. The summed E-state index contributed by atoms with van der Waals surface area (Å²) in [5, 5.41) is 10.3. The Morgan fingerprint density at radius 1 is 1.23 bits per heavy atom. The summed E-state index contributed by atoms with van der Waals surface area (Å²) in [6.45, 7) is 7.01. The Hall–Kier alpha value is -1.43. The Morgan fingerprint density at radius 3 is 2.45 bits per heavy atom. The molecule has 5 nitrogen and oxygen atoms in total. The fraction of sp³-hybridized carbons (Fsp3) is 0.588. The molecular formula is C17H27N3O2. The predicted octanol–water partition coefficient (Wildman–Crippen LogP) is 0.643. The number of carbonyl (C=O) groups excluding carboxylic acids is 1. The quantitative estimate of drug-likeness (QED) is 0.838. The van der Waals surface area contributed by atoms with Crippen LogP contribution in [0.4, 0.5) is 0 Å². The minimum atomic E-state index is -0.363. The van der Waals surface area contributed by atoms with E-state index in [4.69, 9.17) is 0 Å². The van der Waals surface area contributed by atoms with Gasteiger partial charge in [0.25, 0.3) is 0 Å². The Labute approximate surface area is 133 Å². The molecule has 1 atom stereocenters. The number of hydrogen-bond acceptors (Lipinski definition) is 4. The molecule has 0 radical (unpaired) electrons. The van der Waals surface area contributed by atoms with Gasteiger partial charge < -0.3 is 10.0 Å². The van der Waals surface area contributed by atoms with E-state index in [0.29, 0.717) is 13.1 Å². The van der Waals surface area contributed by atoms with E-state index in [1.807, 2.05) is 30.1 Å². The monoisotopic (exact) mass is 305 g/mol. The fourth-order valence-electron chi connectivity index (χ4n) is 2.92. The van der Waals surface area contributed by atoms with Gasteiger partial charge in [0, 0.05) is 52.7 Å². The molecule has 1 fully saturated rings. The largest absolute Gasteiger partial charge is 0.390 e. The zero-order valence-electron chi connectivity index (χ0n) is 13.6. The van der Waals surface area contributed by atoms with E-state index in [1.165, 1.54) is 5.56 Å². The predicted molar refractivity (Wildman–Crippen MR) is 87.5 cm³/mol. The van der Waals surface area contributed by atoms with Crippen LogP contribution in [-0.2, 0) is 11.3 Å². The number of β-amino-alcohol motifs (C(OH)–C–C–N with tert-alkyl or cyclic N) is 1. The molecule has 22 heavy (non-hydrogen) atoms. The molecule has 1 unspecified atom stereocenters. The van der Waals surface area contributed by atoms with Gasteiger partial charge in [0.15, 0.2) is 0 Å². The lowest BCUT2D eigenvalue weighted by Crippen LogP contribution is -2.50. The lowest BCUT2D eigenvalue weighted by molar-refractivity contribution is -0.130. The summed E-state index contributed by atoms with van der Waals surface area (Å²) in [6.07, 6.45) is -0.363. The highest BCUT2D eigenvalue weighted by Gasteiger charge is 2.20. The Bertz CT molecular complexity index is 458. The average Bonchev–Trinajstić information content (AvgIpc) is 2.48. The molecule has 1 amide bonds. The topological polar surface area (TPSA) is 47.0 Å². The van der Waals surface area contributed by atoms with Crippen molar-refractivity contribution in [1.29, 1.82) is 0 Å². The van der Waals surface area contributed by atoms with Gasteiger partial charge in [0.1, 0.15) is 0 Å². The van der Waals surface area contributed by atoms with Gasteiger partial charge in [0.2, 0.25) is 5.91 Å². The SMILES string of the molecule is CC(=O)N1CCN(CC(O)CN(C)Cc2ccccc2)CC1. The molecule has 1 aliphatic rings. The van der Waals surface area contributed by atoms with Crippen LogP contribution in [0, 0.1) is 0 Å². The first-order chi connectivity index (χ1) is 10.5. The molecule has 0 spiro atoms. The van der Waals surface area contributed by atoms with Crippen LogP contribution in [0.2, 0.25) is 0 Å². The molecule has 1 saturated heterocycles. The lowest BCUT2D eigenvalue weighted by Gasteiger charge is -2.35. The van der Waals surface area contributed by atoms with Crippen LogP contribution < -0.4 is 0 Å². The summed E-state index contributed by atoms with van der Waals surface area (Å²) >= 11 is 0. The van der Waals surface area contributed by atoms with Gasteiger partial charge in [0.05, 0.1) is 6.10 Å². The first-order valence-corrected chi connectivity index (χ1v) is 7.93. The van der Waals surface area contributed by atoms with E-state index >= 15 is 0 Å². The summed E-state index contributed by atoms with van der Waals surface area (Å²) in [4.78, 5) is 17.5. The fourth-order valence-corrected chi connectivity index (χ4v) is 2.92.